The molecule has 1 heterocycles. The van der Waals surface area contributed by atoms with Crippen molar-refractivity contribution in [1.29, 1.82) is 0 Å². The van der Waals surface area contributed by atoms with Gasteiger partial charge in [0.05, 0.1) is 5.60 Å². The topological polar surface area (TPSA) is 73.9 Å². The molecule has 1 saturated carbocycles. The van der Waals surface area contributed by atoms with Crippen molar-refractivity contribution >= 4 is 0 Å². The molecule has 1 aromatic carbocycles. The maximum Gasteiger partial charge on any atom is 0.231 e. The summed E-state index contributed by atoms with van der Waals surface area (Å²) >= 11 is 0. The maximum atomic E-state index is 10.3. The van der Waals surface area contributed by atoms with Gasteiger partial charge in [-0.2, -0.15) is 0 Å². The second-order valence-corrected chi connectivity index (χ2v) is 5.24. The molecule has 3 N–H and O–H groups in total. The Morgan fingerprint density at radius 1 is 1.21 bits per heavy atom. The number of fused-ring (bicyclic) bond motifs is 1. The molecule has 0 bridgehead atoms. The van der Waals surface area contributed by atoms with Crippen molar-refractivity contribution in [2.45, 2.75) is 37.8 Å². The summed E-state index contributed by atoms with van der Waals surface area (Å²) in [6.07, 6.45) is 3.72. The molecule has 1 aromatic rings. The molecule has 0 amide bonds. The normalized spacial score (nSPS) is 19.7. The van der Waals surface area contributed by atoms with E-state index in [1.54, 1.807) is 6.07 Å². The van der Waals surface area contributed by atoms with Crippen LogP contribution in [0.15, 0.2) is 12.1 Å². The Morgan fingerprint density at radius 2 is 1.89 bits per heavy atom. The fourth-order valence-electron chi connectivity index (χ4n) is 2.65. The minimum atomic E-state index is -0.692. The predicted octanol–water partition coefficient (Wildman–Crippen LogP) is 1.56. The fraction of sp³-hybridized carbons (Fsp3) is 0.571. The third-order valence-electron chi connectivity index (χ3n) is 3.81. The van der Waals surface area contributed by atoms with E-state index in [2.05, 4.69) is 0 Å². The molecule has 1 aliphatic heterocycles. The summed E-state index contributed by atoms with van der Waals surface area (Å²) in [5.41, 5.74) is 5.90. The van der Waals surface area contributed by atoms with Gasteiger partial charge >= 0.3 is 0 Å². The van der Waals surface area contributed by atoms with Crippen LogP contribution in [0, 0.1) is 0 Å². The van der Waals surface area contributed by atoms with Gasteiger partial charge in [0.2, 0.25) is 6.79 Å². The predicted molar refractivity (Wildman–Crippen MR) is 69.4 cm³/mol. The summed E-state index contributed by atoms with van der Waals surface area (Å²) in [4.78, 5) is 0. The van der Waals surface area contributed by atoms with Crippen LogP contribution >= 0.6 is 0 Å². The summed E-state index contributed by atoms with van der Waals surface area (Å²) in [6.45, 7) is 0.900. The minimum absolute atomic E-state index is 0.229. The Labute approximate surface area is 112 Å². The first-order valence-corrected chi connectivity index (χ1v) is 6.68. The van der Waals surface area contributed by atoms with Gasteiger partial charge in [-0.25, -0.2) is 0 Å². The lowest BCUT2D eigenvalue weighted by atomic mass is 10.0. The molecule has 1 aliphatic carbocycles. The van der Waals surface area contributed by atoms with Crippen molar-refractivity contribution in [1.82, 2.24) is 0 Å². The van der Waals surface area contributed by atoms with E-state index in [1.807, 2.05) is 6.07 Å². The smallest absolute Gasteiger partial charge is 0.231 e. The zero-order valence-corrected chi connectivity index (χ0v) is 10.9. The molecule has 2 aliphatic rings. The summed E-state index contributed by atoms with van der Waals surface area (Å²) in [6, 6.07) is 3.64. The average Bonchev–Trinajstić information content (AvgIpc) is 3.04. The number of ether oxygens (including phenoxy) is 3. The van der Waals surface area contributed by atoms with E-state index >= 15 is 0 Å². The number of rotatable bonds is 4. The number of nitrogens with two attached hydrogens (primary N) is 1. The largest absolute Gasteiger partial charge is 0.490 e. The van der Waals surface area contributed by atoms with Gasteiger partial charge in [-0.05, 0) is 18.9 Å². The van der Waals surface area contributed by atoms with E-state index in [1.165, 1.54) is 0 Å². The SMILES string of the molecule is NCc1cc2c(cc1OCC1(O)CCCC1)OCO2. The Morgan fingerprint density at radius 3 is 2.58 bits per heavy atom. The van der Waals surface area contributed by atoms with Crippen LogP contribution in [-0.2, 0) is 6.54 Å². The van der Waals surface area contributed by atoms with Crippen molar-refractivity contribution in [3.05, 3.63) is 17.7 Å². The van der Waals surface area contributed by atoms with Crippen LogP contribution in [0.1, 0.15) is 31.2 Å². The van der Waals surface area contributed by atoms with Crippen LogP contribution in [0.25, 0.3) is 0 Å². The third-order valence-corrected chi connectivity index (χ3v) is 3.81. The number of hydrogen-bond acceptors (Lipinski definition) is 5. The summed E-state index contributed by atoms with van der Waals surface area (Å²) in [5, 5.41) is 10.3. The summed E-state index contributed by atoms with van der Waals surface area (Å²) in [5.74, 6) is 2.05. The van der Waals surface area contributed by atoms with Crippen LogP contribution in [-0.4, -0.2) is 24.1 Å². The van der Waals surface area contributed by atoms with Crippen LogP contribution in [0.2, 0.25) is 0 Å². The second-order valence-electron chi connectivity index (χ2n) is 5.24. The van der Waals surface area contributed by atoms with E-state index in [4.69, 9.17) is 19.9 Å². The van der Waals surface area contributed by atoms with Gasteiger partial charge < -0.3 is 25.1 Å². The molecule has 1 fully saturated rings. The van der Waals surface area contributed by atoms with Crippen molar-refractivity contribution in [3.63, 3.8) is 0 Å². The van der Waals surface area contributed by atoms with Crippen LogP contribution in [0.3, 0.4) is 0 Å². The first kappa shape index (κ1) is 12.6. The highest BCUT2D eigenvalue weighted by atomic mass is 16.7. The Balaban J connectivity index is 1.76. The molecule has 5 heteroatoms. The lowest BCUT2D eigenvalue weighted by molar-refractivity contribution is 0.00109. The minimum Gasteiger partial charge on any atom is -0.490 e. The number of benzene rings is 1. The molecule has 104 valence electrons. The van der Waals surface area contributed by atoms with Crippen molar-refractivity contribution in [3.8, 4) is 17.2 Å². The Kier molecular flexibility index (Phi) is 3.24. The van der Waals surface area contributed by atoms with Gasteiger partial charge in [-0.3, -0.25) is 0 Å². The monoisotopic (exact) mass is 265 g/mol. The van der Waals surface area contributed by atoms with Crippen LogP contribution < -0.4 is 19.9 Å². The highest BCUT2D eigenvalue weighted by Gasteiger charge is 2.32. The second kappa shape index (κ2) is 4.90. The lowest BCUT2D eigenvalue weighted by Crippen LogP contribution is -2.32. The first-order valence-electron chi connectivity index (χ1n) is 6.68. The van der Waals surface area contributed by atoms with Crippen molar-refractivity contribution < 1.29 is 19.3 Å². The van der Waals surface area contributed by atoms with Crippen molar-refractivity contribution in [2.75, 3.05) is 13.4 Å². The quantitative estimate of drug-likeness (QED) is 0.864. The van der Waals surface area contributed by atoms with E-state index in [0.717, 1.165) is 31.2 Å². The lowest BCUT2D eigenvalue weighted by Gasteiger charge is -2.23. The fourth-order valence-corrected chi connectivity index (χ4v) is 2.65. The van der Waals surface area contributed by atoms with Gasteiger partial charge in [0.25, 0.3) is 0 Å². The van der Waals surface area contributed by atoms with E-state index in [0.29, 0.717) is 30.4 Å². The molecule has 5 nitrogen and oxygen atoms in total. The zero-order valence-electron chi connectivity index (χ0n) is 10.9. The third kappa shape index (κ3) is 2.48. The van der Waals surface area contributed by atoms with Gasteiger partial charge in [-0.15, -0.1) is 0 Å². The Bertz CT molecular complexity index is 469. The van der Waals surface area contributed by atoms with Gasteiger partial charge in [-0.1, -0.05) is 12.8 Å². The molecule has 0 atom stereocenters. The van der Waals surface area contributed by atoms with Gasteiger partial charge in [0.1, 0.15) is 12.4 Å². The number of aliphatic hydroxyl groups is 1. The molecule has 19 heavy (non-hydrogen) atoms. The first-order chi connectivity index (χ1) is 9.20. The molecular formula is C14H19NO4. The number of hydrogen-bond donors (Lipinski definition) is 2. The Hall–Kier alpha value is -1.46. The molecule has 0 radical (unpaired) electrons. The van der Waals surface area contributed by atoms with Crippen LogP contribution in [0.4, 0.5) is 0 Å². The standard InChI is InChI=1S/C14H19NO4/c15-7-10-5-12-13(19-9-18-12)6-11(10)17-8-14(16)3-1-2-4-14/h5-6,16H,1-4,7-9,15H2. The zero-order chi connectivity index (χ0) is 13.3. The molecular weight excluding hydrogens is 246 g/mol. The van der Waals surface area contributed by atoms with Crippen molar-refractivity contribution in [2.24, 2.45) is 5.73 Å². The maximum absolute atomic E-state index is 10.3. The average molecular weight is 265 g/mol. The molecule has 0 unspecified atom stereocenters. The van der Waals surface area contributed by atoms with Gasteiger partial charge in [0, 0.05) is 18.2 Å². The van der Waals surface area contributed by atoms with Crippen LogP contribution in [0.5, 0.6) is 17.2 Å². The highest BCUT2D eigenvalue weighted by molar-refractivity contribution is 5.51. The summed E-state index contributed by atoms with van der Waals surface area (Å²) in [7, 11) is 0. The molecule has 0 saturated heterocycles. The molecule has 0 spiro atoms. The van der Waals surface area contributed by atoms with E-state index in [-0.39, 0.29) is 6.79 Å². The van der Waals surface area contributed by atoms with E-state index in [9.17, 15) is 5.11 Å². The van der Waals surface area contributed by atoms with E-state index < -0.39 is 5.60 Å². The molecule has 3 rings (SSSR count). The molecule has 0 aromatic heterocycles. The van der Waals surface area contributed by atoms with Gasteiger partial charge in [0.15, 0.2) is 11.5 Å². The highest BCUT2D eigenvalue weighted by Crippen LogP contribution is 2.39. The summed E-state index contributed by atoms with van der Waals surface area (Å²) < 4.78 is 16.4.